The summed E-state index contributed by atoms with van der Waals surface area (Å²) in [6, 6.07) is 8.32. The minimum atomic E-state index is -0.0110. The van der Waals surface area contributed by atoms with Crippen molar-refractivity contribution in [2.24, 2.45) is 0 Å². The van der Waals surface area contributed by atoms with E-state index >= 15 is 0 Å². The SMILES string of the molecule is COc1ccc(C(CNC(=O)Cc2c(C)nc3nc(SC)nn3c2C)N2CCCCC2)cc1. The molecule has 0 bridgehead atoms. The molecule has 9 heteroatoms. The third kappa shape index (κ3) is 5.30. The minimum Gasteiger partial charge on any atom is -0.497 e. The van der Waals surface area contributed by atoms with Gasteiger partial charge in [0.15, 0.2) is 0 Å². The van der Waals surface area contributed by atoms with Crippen LogP contribution in [0.5, 0.6) is 5.75 Å². The van der Waals surface area contributed by atoms with Gasteiger partial charge in [-0.25, -0.2) is 9.50 Å². The fourth-order valence-electron chi connectivity index (χ4n) is 4.48. The standard InChI is InChI=1S/C24H32N6O2S/c1-16-20(17(2)30-23(26-16)27-24(28-30)33-4)14-22(31)25-15-21(29-12-6-5-7-13-29)18-8-10-19(32-3)11-9-18/h8-11,21H,5-7,12-15H2,1-4H3,(H,25,31). The lowest BCUT2D eigenvalue weighted by Gasteiger charge is -2.35. The zero-order valence-electron chi connectivity index (χ0n) is 19.8. The normalized spacial score (nSPS) is 15.5. The highest BCUT2D eigenvalue weighted by Gasteiger charge is 2.23. The van der Waals surface area contributed by atoms with E-state index in [2.05, 4.69) is 37.4 Å². The lowest BCUT2D eigenvalue weighted by atomic mass is 10.0. The predicted octanol–water partition coefficient (Wildman–Crippen LogP) is 3.36. The molecule has 1 saturated heterocycles. The number of likely N-dealkylation sites (tertiary alicyclic amines) is 1. The number of methoxy groups -OCH3 is 1. The number of thioether (sulfide) groups is 1. The van der Waals surface area contributed by atoms with Gasteiger partial charge in [0, 0.05) is 23.5 Å². The molecule has 1 aliphatic heterocycles. The molecule has 1 fully saturated rings. The summed E-state index contributed by atoms with van der Waals surface area (Å²) in [4.78, 5) is 24.5. The van der Waals surface area contributed by atoms with Crippen molar-refractivity contribution in [2.45, 2.75) is 50.7 Å². The first-order chi connectivity index (χ1) is 16.0. The molecule has 1 aliphatic rings. The third-order valence-corrected chi connectivity index (χ3v) is 6.91. The Hall–Kier alpha value is -2.65. The average Bonchev–Trinajstić information content (AvgIpc) is 3.26. The molecule has 1 atom stereocenters. The van der Waals surface area contributed by atoms with Gasteiger partial charge in [-0.05, 0) is 63.7 Å². The zero-order valence-corrected chi connectivity index (χ0v) is 20.6. The summed E-state index contributed by atoms with van der Waals surface area (Å²) in [7, 11) is 1.68. The van der Waals surface area contributed by atoms with Gasteiger partial charge in [0.25, 0.3) is 5.78 Å². The van der Waals surface area contributed by atoms with Crippen LogP contribution in [0.1, 0.15) is 47.8 Å². The molecular formula is C24H32N6O2S. The molecule has 1 unspecified atom stereocenters. The Bertz CT molecular complexity index is 1110. The topological polar surface area (TPSA) is 84.6 Å². The first kappa shape index (κ1) is 23.5. The molecule has 8 nitrogen and oxygen atoms in total. The summed E-state index contributed by atoms with van der Waals surface area (Å²) < 4.78 is 7.05. The van der Waals surface area contributed by atoms with E-state index in [1.54, 1.807) is 11.6 Å². The number of benzene rings is 1. The summed E-state index contributed by atoms with van der Waals surface area (Å²) in [5.41, 5.74) is 3.82. The highest BCUT2D eigenvalue weighted by molar-refractivity contribution is 7.98. The van der Waals surface area contributed by atoms with Crippen molar-refractivity contribution in [1.29, 1.82) is 0 Å². The first-order valence-corrected chi connectivity index (χ1v) is 12.6. The number of piperidine rings is 1. The van der Waals surface area contributed by atoms with Gasteiger partial charge >= 0.3 is 0 Å². The molecule has 0 saturated carbocycles. The van der Waals surface area contributed by atoms with Crippen LogP contribution in [0, 0.1) is 13.8 Å². The number of aryl methyl sites for hydroxylation is 2. The average molecular weight is 469 g/mol. The Kier molecular flexibility index (Phi) is 7.49. The van der Waals surface area contributed by atoms with Crippen molar-refractivity contribution in [3.8, 4) is 5.75 Å². The largest absolute Gasteiger partial charge is 0.497 e. The van der Waals surface area contributed by atoms with E-state index in [0.29, 0.717) is 17.5 Å². The van der Waals surface area contributed by atoms with Gasteiger partial charge in [0.05, 0.1) is 19.6 Å². The van der Waals surface area contributed by atoms with E-state index in [9.17, 15) is 4.79 Å². The summed E-state index contributed by atoms with van der Waals surface area (Å²) in [5, 5.41) is 8.35. The third-order valence-electron chi connectivity index (χ3n) is 6.37. The number of ether oxygens (including phenoxy) is 1. The van der Waals surface area contributed by atoms with Crippen molar-refractivity contribution >= 4 is 23.4 Å². The predicted molar refractivity (Wildman–Crippen MR) is 130 cm³/mol. The molecule has 3 aromatic rings. The number of nitrogens with zero attached hydrogens (tertiary/aromatic N) is 5. The zero-order chi connectivity index (χ0) is 23.4. The second-order valence-corrected chi connectivity index (χ2v) is 9.21. The lowest BCUT2D eigenvalue weighted by Crippen LogP contribution is -2.41. The van der Waals surface area contributed by atoms with Crippen LogP contribution in [0.15, 0.2) is 29.4 Å². The van der Waals surface area contributed by atoms with Gasteiger partial charge in [-0.1, -0.05) is 30.3 Å². The summed E-state index contributed by atoms with van der Waals surface area (Å²) >= 11 is 1.48. The second-order valence-electron chi connectivity index (χ2n) is 8.44. The quantitative estimate of drug-likeness (QED) is 0.508. The molecule has 0 radical (unpaired) electrons. The number of hydrogen-bond acceptors (Lipinski definition) is 7. The Morgan fingerprint density at radius 3 is 2.55 bits per heavy atom. The van der Waals surface area contributed by atoms with Crippen LogP contribution in [-0.4, -0.2) is 63.4 Å². The van der Waals surface area contributed by atoms with E-state index < -0.39 is 0 Å². The Labute approximate surface area is 199 Å². The Morgan fingerprint density at radius 2 is 1.88 bits per heavy atom. The van der Waals surface area contributed by atoms with Gasteiger partial charge in [0.2, 0.25) is 11.1 Å². The van der Waals surface area contributed by atoms with Crippen molar-refractivity contribution in [3.05, 3.63) is 46.8 Å². The first-order valence-electron chi connectivity index (χ1n) is 11.4. The van der Waals surface area contributed by atoms with Gasteiger partial charge in [-0.2, -0.15) is 4.98 Å². The van der Waals surface area contributed by atoms with Crippen LogP contribution >= 0.6 is 11.8 Å². The van der Waals surface area contributed by atoms with Crippen LogP contribution < -0.4 is 10.1 Å². The molecule has 4 rings (SSSR count). The van der Waals surface area contributed by atoms with Gasteiger partial charge in [-0.15, -0.1) is 5.10 Å². The monoisotopic (exact) mass is 468 g/mol. The Balaban J connectivity index is 1.49. The Morgan fingerprint density at radius 1 is 1.15 bits per heavy atom. The van der Waals surface area contributed by atoms with Crippen LogP contribution in [0.3, 0.4) is 0 Å². The molecule has 0 aliphatic carbocycles. The second kappa shape index (κ2) is 10.5. The van der Waals surface area contributed by atoms with Crippen molar-refractivity contribution in [1.82, 2.24) is 29.8 Å². The van der Waals surface area contributed by atoms with E-state index in [-0.39, 0.29) is 18.4 Å². The maximum Gasteiger partial charge on any atom is 0.253 e. The molecule has 1 N–H and O–H groups in total. The van der Waals surface area contributed by atoms with Crippen molar-refractivity contribution in [3.63, 3.8) is 0 Å². The molecule has 33 heavy (non-hydrogen) atoms. The molecule has 0 spiro atoms. The molecule has 176 valence electrons. The minimum absolute atomic E-state index is 0.0110. The molecule has 1 amide bonds. The molecular weight excluding hydrogens is 436 g/mol. The molecule has 2 aromatic heterocycles. The van der Waals surface area contributed by atoms with Crippen LogP contribution in [0.4, 0.5) is 0 Å². The lowest BCUT2D eigenvalue weighted by molar-refractivity contribution is -0.120. The smallest absolute Gasteiger partial charge is 0.253 e. The fraction of sp³-hybridized carbons (Fsp3) is 0.500. The van der Waals surface area contributed by atoms with Crippen LogP contribution in [-0.2, 0) is 11.2 Å². The fourth-order valence-corrected chi connectivity index (χ4v) is 4.82. The number of nitrogens with one attached hydrogen (secondary N) is 1. The van der Waals surface area contributed by atoms with Gasteiger partial charge in [-0.3, -0.25) is 9.69 Å². The summed E-state index contributed by atoms with van der Waals surface area (Å²) in [6.07, 6.45) is 5.87. The highest BCUT2D eigenvalue weighted by Crippen LogP contribution is 2.26. The van der Waals surface area contributed by atoms with Gasteiger partial charge in [0.1, 0.15) is 5.75 Å². The number of carbonyl (C=O) groups is 1. The van der Waals surface area contributed by atoms with E-state index in [0.717, 1.165) is 35.8 Å². The van der Waals surface area contributed by atoms with E-state index in [1.165, 1.54) is 36.6 Å². The van der Waals surface area contributed by atoms with E-state index in [4.69, 9.17) is 4.74 Å². The highest BCUT2D eigenvalue weighted by atomic mass is 32.2. The molecule has 3 heterocycles. The number of rotatable bonds is 8. The summed E-state index contributed by atoms with van der Waals surface area (Å²) in [5.74, 6) is 1.40. The van der Waals surface area contributed by atoms with Crippen LogP contribution in [0.2, 0.25) is 0 Å². The van der Waals surface area contributed by atoms with Crippen LogP contribution in [0.25, 0.3) is 5.78 Å². The maximum absolute atomic E-state index is 13.0. The summed E-state index contributed by atoms with van der Waals surface area (Å²) in [6.45, 7) is 6.57. The number of amides is 1. The number of hydrogen-bond donors (Lipinski definition) is 1. The van der Waals surface area contributed by atoms with E-state index in [1.807, 2.05) is 32.2 Å². The van der Waals surface area contributed by atoms with Crippen molar-refractivity contribution < 1.29 is 9.53 Å². The van der Waals surface area contributed by atoms with Gasteiger partial charge < -0.3 is 10.1 Å². The number of aromatic nitrogens is 4. The molecule has 1 aromatic carbocycles. The maximum atomic E-state index is 13.0. The van der Waals surface area contributed by atoms with Crippen molar-refractivity contribution in [2.75, 3.05) is 33.0 Å². The number of fused-ring (bicyclic) bond motifs is 1. The number of carbonyl (C=O) groups excluding carboxylic acids is 1.